The van der Waals surface area contributed by atoms with Gasteiger partial charge in [-0.25, -0.2) is 4.98 Å². The van der Waals surface area contributed by atoms with E-state index in [-0.39, 0.29) is 11.8 Å². The van der Waals surface area contributed by atoms with Crippen molar-refractivity contribution in [3.05, 3.63) is 47.5 Å². The fraction of sp³-hybridized carbons (Fsp3) is 0.450. The van der Waals surface area contributed by atoms with Crippen LogP contribution >= 0.6 is 0 Å². The van der Waals surface area contributed by atoms with Crippen LogP contribution in [-0.2, 0) is 17.8 Å². The van der Waals surface area contributed by atoms with E-state index in [9.17, 15) is 9.59 Å². The van der Waals surface area contributed by atoms with Crippen molar-refractivity contribution in [1.29, 1.82) is 0 Å². The van der Waals surface area contributed by atoms with E-state index in [1.54, 1.807) is 12.3 Å². The Bertz CT molecular complexity index is 791. The molecule has 0 saturated carbocycles. The van der Waals surface area contributed by atoms with Gasteiger partial charge in [-0.2, -0.15) is 0 Å². The Kier molecular flexibility index (Phi) is 5.71. The van der Waals surface area contributed by atoms with Crippen LogP contribution in [-0.4, -0.2) is 39.4 Å². The molecule has 2 aromatic rings. The molecule has 1 aliphatic heterocycles. The molecular weight excluding hydrogens is 328 g/mol. The maximum Gasteiger partial charge on any atom is 0.253 e. The number of rotatable bonds is 6. The van der Waals surface area contributed by atoms with E-state index in [0.29, 0.717) is 18.5 Å². The molecule has 0 spiro atoms. The van der Waals surface area contributed by atoms with E-state index >= 15 is 0 Å². The number of anilines is 1. The van der Waals surface area contributed by atoms with Crippen LogP contribution in [0.2, 0.25) is 0 Å². The molecule has 0 atom stereocenters. The number of aryl methyl sites for hydroxylation is 3. The summed E-state index contributed by atoms with van der Waals surface area (Å²) in [6, 6.07) is 5.49. The number of imidazole rings is 1. The fourth-order valence-corrected chi connectivity index (χ4v) is 3.33. The minimum absolute atomic E-state index is 0.0394. The van der Waals surface area contributed by atoms with Crippen LogP contribution in [0.4, 0.5) is 5.69 Å². The average molecular weight is 354 g/mol. The van der Waals surface area contributed by atoms with Crippen molar-refractivity contribution in [3.63, 3.8) is 0 Å². The van der Waals surface area contributed by atoms with Crippen molar-refractivity contribution < 1.29 is 9.59 Å². The van der Waals surface area contributed by atoms with E-state index in [4.69, 9.17) is 0 Å². The van der Waals surface area contributed by atoms with Crippen molar-refractivity contribution in [2.75, 3.05) is 18.4 Å². The van der Waals surface area contributed by atoms with E-state index in [1.165, 1.54) is 0 Å². The van der Waals surface area contributed by atoms with E-state index in [0.717, 1.165) is 49.4 Å². The fourth-order valence-electron chi connectivity index (χ4n) is 3.33. The highest BCUT2D eigenvalue weighted by molar-refractivity contribution is 5.96. The molecule has 0 radical (unpaired) electrons. The standard InChI is InChI=1S/C20H26N4O2/c1-3-18-21-9-13-23(18)12-8-19(25)22-17-7-6-16(14-15(17)2)20(26)24-10-4-5-11-24/h6-7,9,13-14H,3-5,8,10-12H2,1-2H3,(H,22,25). The molecule has 1 N–H and O–H groups in total. The summed E-state index contributed by atoms with van der Waals surface area (Å²) in [5.41, 5.74) is 2.35. The Morgan fingerprint density at radius 1 is 1.23 bits per heavy atom. The number of amides is 2. The van der Waals surface area contributed by atoms with Crippen molar-refractivity contribution in [2.24, 2.45) is 0 Å². The highest BCUT2D eigenvalue weighted by Crippen LogP contribution is 2.20. The largest absolute Gasteiger partial charge is 0.339 e. The summed E-state index contributed by atoms with van der Waals surface area (Å²) < 4.78 is 2.00. The first-order chi connectivity index (χ1) is 12.6. The van der Waals surface area contributed by atoms with Gasteiger partial charge in [0.05, 0.1) is 0 Å². The molecule has 26 heavy (non-hydrogen) atoms. The summed E-state index contributed by atoms with van der Waals surface area (Å²) in [7, 11) is 0. The third-order valence-electron chi connectivity index (χ3n) is 4.84. The summed E-state index contributed by atoms with van der Waals surface area (Å²) in [6.45, 7) is 6.25. The number of hydrogen-bond acceptors (Lipinski definition) is 3. The molecule has 6 heteroatoms. The number of aromatic nitrogens is 2. The van der Waals surface area contributed by atoms with Crippen LogP contribution in [0.15, 0.2) is 30.6 Å². The topological polar surface area (TPSA) is 67.2 Å². The first-order valence-corrected chi connectivity index (χ1v) is 9.28. The summed E-state index contributed by atoms with van der Waals surface area (Å²) in [4.78, 5) is 30.9. The highest BCUT2D eigenvalue weighted by atomic mass is 16.2. The van der Waals surface area contributed by atoms with Crippen molar-refractivity contribution in [1.82, 2.24) is 14.5 Å². The molecule has 1 aliphatic rings. The summed E-state index contributed by atoms with van der Waals surface area (Å²) >= 11 is 0. The number of nitrogens with zero attached hydrogens (tertiary/aromatic N) is 3. The third kappa shape index (κ3) is 4.12. The first kappa shape index (κ1) is 18.2. The molecule has 6 nitrogen and oxygen atoms in total. The van der Waals surface area contributed by atoms with Gasteiger partial charge < -0.3 is 14.8 Å². The zero-order chi connectivity index (χ0) is 18.5. The molecule has 2 heterocycles. The SMILES string of the molecule is CCc1nccn1CCC(=O)Nc1ccc(C(=O)N2CCCC2)cc1C. The van der Waals surface area contributed by atoms with Gasteiger partial charge in [0.1, 0.15) is 5.82 Å². The molecule has 1 aromatic carbocycles. The van der Waals surface area contributed by atoms with Crippen LogP contribution in [0.5, 0.6) is 0 Å². The first-order valence-electron chi connectivity index (χ1n) is 9.28. The zero-order valence-electron chi connectivity index (χ0n) is 15.5. The summed E-state index contributed by atoms with van der Waals surface area (Å²) in [5.74, 6) is 1.02. The Balaban J connectivity index is 1.59. The predicted molar refractivity (Wildman–Crippen MR) is 101 cm³/mol. The Morgan fingerprint density at radius 3 is 2.69 bits per heavy atom. The molecule has 0 aliphatic carbocycles. The lowest BCUT2D eigenvalue weighted by Gasteiger charge is -2.16. The number of carbonyl (C=O) groups is 2. The second-order valence-corrected chi connectivity index (χ2v) is 6.72. The third-order valence-corrected chi connectivity index (χ3v) is 4.84. The predicted octanol–water partition coefficient (Wildman–Crippen LogP) is 3.02. The number of carbonyl (C=O) groups excluding carboxylic acids is 2. The van der Waals surface area contributed by atoms with Crippen molar-refractivity contribution in [3.8, 4) is 0 Å². The lowest BCUT2D eigenvalue weighted by molar-refractivity contribution is -0.116. The van der Waals surface area contributed by atoms with Gasteiger partial charge in [0.2, 0.25) is 5.91 Å². The molecule has 138 valence electrons. The molecular formula is C20H26N4O2. The molecule has 2 amide bonds. The summed E-state index contributed by atoms with van der Waals surface area (Å²) in [6.07, 6.45) is 7.05. The van der Waals surface area contributed by atoms with Gasteiger partial charge in [-0.3, -0.25) is 9.59 Å². The van der Waals surface area contributed by atoms with Gasteiger partial charge in [0.25, 0.3) is 5.91 Å². The van der Waals surface area contributed by atoms with Crippen molar-refractivity contribution in [2.45, 2.75) is 46.1 Å². The van der Waals surface area contributed by atoms with Crippen LogP contribution in [0.1, 0.15) is 47.9 Å². The molecule has 3 rings (SSSR count). The maximum atomic E-state index is 12.5. The second-order valence-electron chi connectivity index (χ2n) is 6.72. The zero-order valence-corrected chi connectivity index (χ0v) is 15.5. The minimum Gasteiger partial charge on any atom is -0.339 e. The van der Waals surface area contributed by atoms with E-state index in [1.807, 2.05) is 41.6 Å². The van der Waals surface area contributed by atoms with Crippen LogP contribution in [0, 0.1) is 6.92 Å². The van der Waals surface area contributed by atoms with E-state index in [2.05, 4.69) is 10.3 Å². The average Bonchev–Trinajstić information content (AvgIpc) is 3.32. The molecule has 1 fully saturated rings. The lowest BCUT2D eigenvalue weighted by Crippen LogP contribution is -2.27. The number of likely N-dealkylation sites (tertiary alicyclic amines) is 1. The molecule has 0 unspecified atom stereocenters. The normalized spacial score (nSPS) is 13.8. The van der Waals surface area contributed by atoms with Crippen LogP contribution in [0.25, 0.3) is 0 Å². The smallest absolute Gasteiger partial charge is 0.253 e. The van der Waals surface area contributed by atoms with Gasteiger partial charge in [0.15, 0.2) is 0 Å². The van der Waals surface area contributed by atoms with Crippen LogP contribution in [0.3, 0.4) is 0 Å². The van der Waals surface area contributed by atoms with Crippen LogP contribution < -0.4 is 5.32 Å². The molecule has 0 bridgehead atoms. The van der Waals surface area contributed by atoms with Gasteiger partial charge in [0, 0.05) is 56.1 Å². The maximum absolute atomic E-state index is 12.5. The minimum atomic E-state index is -0.0394. The highest BCUT2D eigenvalue weighted by Gasteiger charge is 2.20. The van der Waals surface area contributed by atoms with E-state index < -0.39 is 0 Å². The Labute approximate surface area is 154 Å². The lowest BCUT2D eigenvalue weighted by atomic mass is 10.1. The quantitative estimate of drug-likeness (QED) is 0.867. The van der Waals surface area contributed by atoms with Gasteiger partial charge in [-0.05, 0) is 43.5 Å². The Morgan fingerprint density at radius 2 is 2.00 bits per heavy atom. The molecule has 1 aromatic heterocycles. The van der Waals surface area contributed by atoms with Gasteiger partial charge in [-0.1, -0.05) is 6.92 Å². The number of benzene rings is 1. The van der Waals surface area contributed by atoms with Crippen molar-refractivity contribution >= 4 is 17.5 Å². The number of nitrogens with one attached hydrogen (secondary N) is 1. The monoisotopic (exact) mass is 354 g/mol. The molecule has 1 saturated heterocycles. The van der Waals surface area contributed by atoms with Gasteiger partial charge >= 0.3 is 0 Å². The second kappa shape index (κ2) is 8.17. The van der Waals surface area contributed by atoms with Gasteiger partial charge in [-0.15, -0.1) is 0 Å². The number of hydrogen-bond donors (Lipinski definition) is 1. The summed E-state index contributed by atoms with van der Waals surface area (Å²) in [5, 5.41) is 2.95. The Hall–Kier alpha value is -2.63.